The standard InChI is InChI=1S/C10H18N4O2/c1-7(2)13-6-11-14(9(13)16)8(15)12-10(3,4)5/h6-7H,1-5H3,(H,12,15). The summed E-state index contributed by atoms with van der Waals surface area (Å²) in [4.78, 5) is 23.4. The Labute approximate surface area is 94.3 Å². The lowest BCUT2D eigenvalue weighted by Crippen LogP contribution is -2.46. The molecule has 0 atom stereocenters. The molecular formula is C10H18N4O2. The highest BCUT2D eigenvalue weighted by atomic mass is 16.2. The summed E-state index contributed by atoms with van der Waals surface area (Å²) in [5.74, 6) is 0. The van der Waals surface area contributed by atoms with E-state index in [2.05, 4.69) is 10.4 Å². The highest BCUT2D eigenvalue weighted by Gasteiger charge is 2.19. The number of amides is 1. The molecule has 0 saturated heterocycles. The van der Waals surface area contributed by atoms with Crippen molar-refractivity contribution in [1.82, 2.24) is 19.7 Å². The van der Waals surface area contributed by atoms with Crippen LogP contribution in [0.25, 0.3) is 0 Å². The molecule has 0 radical (unpaired) electrons. The molecule has 0 aliphatic carbocycles. The Kier molecular flexibility index (Phi) is 3.21. The van der Waals surface area contributed by atoms with Crippen molar-refractivity contribution < 1.29 is 4.79 Å². The monoisotopic (exact) mass is 226 g/mol. The van der Waals surface area contributed by atoms with Gasteiger partial charge >= 0.3 is 11.7 Å². The van der Waals surface area contributed by atoms with Gasteiger partial charge in [-0.05, 0) is 34.6 Å². The van der Waals surface area contributed by atoms with Gasteiger partial charge in [0.25, 0.3) is 0 Å². The summed E-state index contributed by atoms with van der Waals surface area (Å²) in [7, 11) is 0. The molecule has 16 heavy (non-hydrogen) atoms. The van der Waals surface area contributed by atoms with E-state index in [-0.39, 0.29) is 6.04 Å². The lowest BCUT2D eigenvalue weighted by atomic mass is 10.1. The second kappa shape index (κ2) is 4.11. The van der Waals surface area contributed by atoms with E-state index in [9.17, 15) is 9.59 Å². The van der Waals surface area contributed by atoms with E-state index in [0.29, 0.717) is 0 Å². The number of hydrogen-bond donors (Lipinski definition) is 1. The molecule has 0 fully saturated rings. The molecule has 0 bridgehead atoms. The molecular weight excluding hydrogens is 208 g/mol. The first kappa shape index (κ1) is 12.5. The zero-order valence-corrected chi connectivity index (χ0v) is 10.3. The quantitative estimate of drug-likeness (QED) is 0.776. The van der Waals surface area contributed by atoms with Gasteiger partial charge in [0.05, 0.1) is 0 Å². The molecule has 1 N–H and O–H groups in total. The molecule has 1 aromatic heterocycles. The molecule has 6 nitrogen and oxygen atoms in total. The van der Waals surface area contributed by atoms with E-state index in [1.807, 2.05) is 34.6 Å². The van der Waals surface area contributed by atoms with Gasteiger partial charge in [-0.25, -0.2) is 9.59 Å². The van der Waals surface area contributed by atoms with E-state index in [0.717, 1.165) is 4.68 Å². The number of carbonyl (C=O) groups is 1. The van der Waals surface area contributed by atoms with Crippen molar-refractivity contribution >= 4 is 6.03 Å². The van der Waals surface area contributed by atoms with Gasteiger partial charge in [-0.1, -0.05) is 0 Å². The van der Waals surface area contributed by atoms with Crippen molar-refractivity contribution in [3.8, 4) is 0 Å². The minimum atomic E-state index is -0.503. The molecule has 1 heterocycles. The van der Waals surface area contributed by atoms with E-state index in [4.69, 9.17) is 0 Å². The van der Waals surface area contributed by atoms with Crippen LogP contribution in [0.2, 0.25) is 0 Å². The fourth-order valence-corrected chi connectivity index (χ4v) is 1.18. The molecule has 1 rings (SSSR count). The van der Waals surface area contributed by atoms with E-state index in [1.54, 1.807) is 0 Å². The third-order valence-electron chi connectivity index (χ3n) is 1.92. The Morgan fingerprint density at radius 3 is 2.38 bits per heavy atom. The molecule has 90 valence electrons. The molecule has 0 spiro atoms. The van der Waals surface area contributed by atoms with Crippen LogP contribution < -0.4 is 11.0 Å². The van der Waals surface area contributed by atoms with Crippen molar-refractivity contribution in [2.24, 2.45) is 0 Å². The summed E-state index contributed by atoms with van der Waals surface area (Å²) in [6.07, 6.45) is 1.37. The smallest absolute Gasteiger partial charge is 0.331 e. The molecule has 0 aliphatic rings. The van der Waals surface area contributed by atoms with Crippen LogP contribution in [-0.4, -0.2) is 25.9 Å². The van der Waals surface area contributed by atoms with Gasteiger partial charge in [0, 0.05) is 11.6 Å². The Morgan fingerprint density at radius 1 is 1.44 bits per heavy atom. The Bertz CT molecular complexity index is 436. The maximum absolute atomic E-state index is 11.7. The van der Waals surface area contributed by atoms with Crippen LogP contribution in [0.15, 0.2) is 11.1 Å². The number of hydrogen-bond acceptors (Lipinski definition) is 3. The maximum Gasteiger partial charge on any atom is 0.354 e. The molecule has 0 unspecified atom stereocenters. The van der Waals surface area contributed by atoms with Crippen molar-refractivity contribution in [3.05, 3.63) is 16.8 Å². The van der Waals surface area contributed by atoms with Crippen molar-refractivity contribution in [2.75, 3.05) is 0 Å². The summed E-state index contributed by atoms with van der Waals surface area (Å²) in [6, 6.07) is -0.513. The largest absolute Gasteiger partial charge is 0.354 e. The minimum absolute atomic E-state index is 0.0105. The average molecular weight is 226 g/mol. The van der Waals surface area contributed by atoms with Gasteiger partial charge in [-0.3, -0.25) is 4.57 Å². The molecule has 0 aromatic carbocycles. The zero-order valence-electron chi connectivity index (χ0n) is 10.3. The third kappa shape index (κ3) is 2.71. The fourth-order valence-electron chi connectivity index (χ4n) is 1.18. The van der Waals surface area contributed by atoms with Gasteiger partial charge in [0.1, 0.15) is 6.33 Å². The Balaban J connectivity index is 2.99. The first-order valence-corrected chi connectivity index (χ1v) is 5.21. The molecule has 1 aromatic rings. The van der Waals surface area contributed by atoms with Crippen molar-refractivity contribution in [2.45, 2.75) is 46.2 Å². The van der Waals surface area contributed by atoms with Gasteiger partial charge < -0.3 is 5.32 Å². The first-order valence-electron chi connectivity index (χ1n) is 5.21. The topological polar surface area (TPSA) is 68.9 Å². The highest BCUT2D eigenvalue weighted by molar-refractivity contribution is 5.76. The predicted molar refractivity (Wildman–Crippen MR) is 60.6 cm³/mol. The normalized spacial score (nSPS) is 11.9. The number of nitrogens with zero attached hydrogens (tertiary/aromatic N) is 3. The summed E-state index contributed by atoms with van der Waals surface area (Å²) in [6.45, 7) is 9.24. The number of carbonyl (C=O) groups excluding carboxylic acids is 1. The third-order valence-corrected chi connectivity index (χ3v) is 1.92. The van der Waals surface area contributed by atoms with Crippen LogP contribution in [0, 0.1) is 0 Å². The lowest BCUT2D eigenvalue weighted by Gasteiger charge is -2.19. The van der Waals surface area contributed by atoms with Crippen LogP contribution in [-0.2, 0) is 0 Å². The van der Waals surface area contributed by atoms with E-state index in [1.165, 1.54) is 10.9 Å². The SMILES string of the molecule is CC(C)n1cnn(C(=O)NC(C)(C)C)c1=O. The summed E-state index contributed by atoms with van der Waals surface area (Å²) >= 11 is 0. The number of nitrogens with one attached hydrogen (secondary N) is 1. The van der Waals surface area contributed by atoms with Crippen molar-refractivity contribution in [1.29, 1.82) is 0 Å². The lowest BCUT2D eigenvalue weighted by molar-refractivity contribution is 0.229. The highest BCUT2D eigenvalue weighted by Crippen LogP contribution is 2.00. The summed E-state index contributed by atoms with van der Waals surface area (Å²) in [5.41, 5.74) is -0.810. The van der Waals surface area contributed by atoms with Crippen LogP contribution in [0.3, 0.4) is 0 Å². The molecule has 1 amide bonds. The minimum Gasteiger partial charge on any atom is -0.331 e. The summed E-state index contributed by atoms with van der Waals surface area (Å²) < 4.78 is 2.24. The van der Waals surface area contributed by atoms with Crippen LogP contribution in [0.4, 0.5) is 4.79 Å². The summed E-state index contributed by atoms with van der Waals surface area (Å²) in [5, 5.41) is 6.45. The number of rotatable bonds is 1. The Morgan fingerprint density at radius 2 is 2.00 bits per heavy atom. The fraction of sp³-hybridized carbons (Fsp3) is 0.700. The second-order valence-electron chi connectivity index (χ2n) is 5.01. The zero-order chi connectivity index (χ0) is 12.5. The molecule has 0 aliphatic heterocycles. The first-order chi connectivity index (χ1) is 7.22. The Hall–Kier alpha value is -1.59. The van der Waals surface area contributed by atoms with Gasteiger partial charge in [-0.15, -0.1) is 9.78 Å². The van der Waals surface area contributed by atoms with E-state index >= 15 is 0 Å². The predicted octanol–water partition coefficient (Wildman–Crippen LogP) is 0.982. The maximum atomic E-state index is 11.7. The average Bonchev–Trinajstić information content (AvgIpc) is 2.43. The molecule has 6 heteroatoms. The van der Waals surface area contributed by atoms with Gasteiger partial charge in [0.2, 0.25) is 0 Å². The van der Waals surface area contributed by atoms with E-state index < -0.39 is 17.3 Å². The van der Waals surface area contributed by atoms with Crippen molar-refractivity contribution in [3.63, 3.8) is 0 Å². The van der Waals surface area contributed by atoms with Crippen LogP contribution in [0.5, 0.6) is 0 Å². The van der Waals surface area contributed by atoms with Gasteiger partial charge in [0.15, 0.2) is 0 Å². The van der Waals surface area contributed by atoms with Gasteiger partial charge in [-0.2, -0.15) is 0 Å². The second-order valence-corrected chi connectivity index (χ2v) is 5.01. The van der Waals surface area contributed by atoms with Crippen LogP contribution >= 0.6 is 0 Å². The number of aromatic nitrogens is 3. The molecule has 0 saturated carbocycles. The van der Waals surface area contributed by atoms with Crippen LogP contribution in [0.1, 0.15) is 40.7 Å².